The van der Waals surface area contributed by atoms with Crippen LogP contribution in [0, 0.1) is 0 Å². The zero-order valence-corrected chi connectivity index (χ0v) is 18.2. The molecule has 1 aromatic carbocycles. The maximum Gasteiger partial charge on any atom is 0.207 e. The van der Waals surface area contributed by atoms with Crippen molar-refractivity contribution in [3.63, 3.8) is 0 Å². The third-order valence-electron chi connectivity index (χ3n) is 5.42. The summed E-state index contributed by atoms with van der Waals surface area (Å²) in [5.41, 5.74) is 0.580. The van der Waals surface area contributed by atoms with Gasteiger partial charge in [-0.2, -0.15) is 0 Å². The Kier molecular flexibility index (Phi) is 6.19. The lowest BCUT2D eigenvalue weighted by atomic mass is 10.3. The van der Waals surface area contributed by atoms with Gasteiger partial charge in [-0.3, -0.25) is 0 Å². The molecular weight excluding hydrogens is 352 g/mol. The topological polar surface area (TPSA) is 55.9 Å². The van der Waals surface area contributed by atoms with Gasteiger partial charge < -0.3 is 9.16 Å². The Morgan fingerprint density at radius 2 is 1.40 bits per heavy atom. The molecule has 25 heavy (non-hydrogen) atoms. The summed E-state index contributed by atoms with van der Waals surface area (Å²) in [4.78, 5) is 0.315. The molecule has 1 aliphatic heterocycles. The van der Waals surface area contributed by atoms with E-state index < -0.39 is 23.6 Å². The van der Waals surface area contributed by atoms with E-state index in [-0.39, 0.29) is 12.2 Å². The fourth-order valence-corrected chi connectivity index (χ4v) is 11.5. The minimum atomic E-state index is -3.46. The van der Waals surface area contributed by atoms with E-state index in [1.54, 1.807) is 24.3 Å². The number of hydrogen-bond donors (Lipinski definition) is 0. The van der Waals surface area contributed by atoms with E-state index in [0.717, 1.165) is 0 Å². The zero-order valence-electron chi connectivity index (χ0n) is 16.4. The minimum absolute atomic E-state index is 0.220. The van der Waals surface area contributed by atoms with Crippen molar-refractivity contribution < 1.29 is 17.6 Å². The molecule has 1 aromatic rings. The average molecular weight is 385 g/mol. The second kappa shape index (κ2) is 7.51. The first-order valence-corrected chi connectivity index (χ1v) is 12.9. The molecule has 142 valence electrons. The normalized spacial score (nSPS) is 22.6. The summed E-state index contributed by atoms with van der Waals surface area (Å²) in [6.07, 6.45) is -0.601. The van der Waals surface area contributed by atoms with Crippen LogP contribution < -0.4 is 0 Å². The monoisotopic (exact) mass is 384 g/mol. The summed E-state index contributed by atoms with van der Waals surface area (Å²) in [5.74, 6) is 0. The quantitative estimate of drug-likeness (QED) is 0.479. The van der Waals surface area contributed by atoms with E-state index in [9.17, 15) is 8.42 Å². The van der Waals surface area contributed by atoms with E-state index >= 15 is 0 Å². The van der Waals surface area contributed by atoms with Gasteiger partial charge in [0, 0.05) is 0 Å². The second-order valence-electron chi connectivity index (χ2n) is 7.97. The molecule has 0 amide bonds. The standard InChI is InChI=1S/C19H32O4SSi/c1-13(2)25(14(3)4,15(5)6)23-16(7)18-19(22-18)24(20,21)17-11-9-8-10-12-17/h8-16,18-19H,1-7H3/t16?,18-,19-/m1/s1. The lowest BCUT2D eigenvalue weighted by Gasteiger charge is -2.43. The number of benzene rings is 1. The molecule has 1 aliphatic rings. The molecule has 1 unspecified atom stereocenters. The van der Waals surface area contributed by atoms with E-state index in [1.165, 1.54) is 0 Å². The van der Waals surface area contributed by atoms with Gasteiger partial charge in [0.2, 0.25) is 18.2 Å². The largest absolute Gasteiger partial charge is 0.411 e. The highest BCUT2D eigenvalue weighted by atomic mass is 32.2. The van der Waals surface area contributed by atoms with Crippen molar-refractivity contribution in [2.75, 3.05) is 0 Å². The van der Waals surface area contributed by atoms with Crippen LogP contribution in [0.5, 0.6) is 0 Å². The van der Waals surface area contributed by atoms with E-state index in [4.69, 9.17) is 9.16 Å². The van der Waals surface area contributed by atoms with Gasteiger partial charge >= 0.3 is 0 Å². The highest BCUT2D eigenvalue weighted by molar-refractivity contribution is 7.92. The van der Waals surface area contributed by atoms with Crippen molar-refractivity contribution in [1.82, 2.24) is 0 Å². The Morgan fingerprint density at radius 3 is 1.84 bits per heavy atom. The van der Waals surface area contributed by atoms with Gasteiger partial charge in [0.05, 0.1) is 11.0 Å². The van der Waals surface area contributed by atoms with Crippen molar-refractivity contribution >= 4 is 18.2 Å². The average Bonchev–Trinajstić information content (AvgIpc) is 3.33. The SMILES string of the molecule is CC(O[Si](C(C)C)(C(C)C)C(C)C)[C@H]1O[C@@H]1S(=O)(=O)c1ccccc1. The Labute approximate surface area is 154 Å². The summed E-state index contributed by atoms with van der Waals surface area (Å²) in [6.45, 7) is 15.3. The number of sulfone groups is 1. The highest BCUT2D eigenvalue weighted by Crippen LogP contribution is 2.45. The molecule has 0 N–H and O–H groups in total. The maximum absolute atomic E-state index is 12.7. The molecule has 4 nitrogen and oxygen atoms in total. The summed E-state index contributed by atoms with van der Waals surface area (Å²) >= 11 is 0. The van der Waals surface area contributed by atoms with E-state index in [1.807, 2.05) is 13.0 Å². The molecule has 0 aromatic heterocycles. The van der Waals surface area contributed by atoms with Crippen LogP contribution in [0.15, 0.2) is 35.2 Å². The fraction of sp³-hybridized carbons (Fsp3) is 0.684. The first-order chi connectivity index (χ1) is 11.5. The smallest absolute Gasteiger partial charge is 0.207 e. The summed E-state index contributed by atoms with van der Waals surface area (Å²) in [5, 5.41) is 0. The predicted octanol–water partition coefficient (Wildman–Crippen LogP) is 4.77. The van der Waals surface area contributed by atoms with Crippen LogP contribution >= 0.6 is 0 Å². The molecule has 0 radical (unpaired) electrons. The number of hydrogen-bond acceptors (Lipinski definition) is 4. The van der Waals surface area contributed by atoms with Gasteiger partial charge in [-0.15, -0.1) is 0 Å². The molecule has 0 saturated carbocycles. The molecule has 0 bridgehead atoms. The van der Waals surface area contributed by atoms with Crippen LogP contribution in [0.1, 0.15) is 48.5 Å². The predicted molar refractivity (Wildman–Crippen MR) is 104 cm³/mol. The van der Waals surface area contributed by atoms with Gasteiger partial charge in [0.1, 0.15) is 6.10 Å². The Hall–Kier alpha value is -0.693. The number of rotatable bonds is 8. The maximum atomic E-state index is 12.7. The molecular formula is C19H32O4SSi. The first kappa shape index (κ1) is 20.6. The van der Waals surface area contributed by atoms with Crippen LogP contribution in [0.2, 0.25) is 16.6 Å². The third-order valence-corrected chi connectivity index (χ3v) is 13.5. The molecule has 2 rings (SSSR count). The number of epoxide rings is 1. The molecule has 1 saturated heterocycles. The van der Waals surface area contributed by atoms with Gasteiger partial charge in [0.15, 0.2) is 5.44 Å². The van der Waals surface area contributed by atoms with Gasteiger partial charge in [-0.1, -0.05) is 59.7 Å². The van der Waals surface area contributed by atoms with Crippen LogP contribution in [0.25, 0.3) is 0 Å². The van der Waals surface area contributed by atoms with Gasteiger partial charge in [-0.05, 0) is 35.7 Å². The molecule has 1 fully saturated rings. The van der Waals surface area contributed by atoms with Crippen molar-refractivity contribution in [2.24, 2.45) is 0 Å². The second-order valence-corrected chi connectivity index (χ2v) is 15.4. The van der Waals surface area contributed by atoms with Gasteiger partial charge in [0.25, 0.3) is 0 Å². The van der Waals surface area contributed by atoms with Crippen LogP contribution in [-0.2, 0) is 19.0 Å². The van der Waals surface area contributed by atoms with Crippen molar-refractivity contribution in [3.8, 4) is 0 Å². The lowest BCUT2D eigenvalue weighted by Crippen LogP contribution is -2.50. The molecule has 1 heterocycles. The van der Waals surface area contributed by atoms with Crippen molar-refractivity contribution in [2.45, 2.75) is 87.6 Å². The fourth-order valence-electron chi connectivity index (χ4n) is 4.23. The summed E-state index contributed by atoms with van der Waals surface area (Å²) in [7, 11) is -5.52. The molecule has 6 heteroatoms. The zero-order chi connectivity index (χ0) is 19.0. The van der Waals surface area contributed by atoms with Gasteiger partial charge in [-0.25, -0.2) is 8.42 Å². The van der Waals surface area contributed by atoms with E-state index in [0.29, 0.717) is 21.5 Å². The third kappa shape index (κ3) is 3.87. The van der Waals surface area contributed by atoms with Crippen molar-refractivity contribution in [1.29, 1.82) is 0 Å². The molecule has 3 atom stereocenters. The molecule has 0 spiro atoms. The summed E-state index contributed by atoms with van der Waals surface area (Å²) in [6, 6.07) is 8.52. The minimum Gasteiger partial charge on any atom is -0.411 e. The summed E-state index contributed by atoms with van der Waals surface area (Å²) < 4.78 is 37.7. The Bertz CT molecular complexity index is 648. The van der Waals surface area contributed by atoms with Crippen LogP contribution in [0.4, 0.5) is 0 Å². The lowest BCUT2D eigenvalue weighted by molar-refractivity contribution is 0.153. The number of ether oxygens (including phenoxy) is 1. The molecule has 0 aliphatic carbocycles. The van der Waals surface area contributed by atoms with Crippen LogP contribution in [-0.4, -0.2) is 34.4 Å². The van der Waals surface area contributed by atoms with Crippen molar-refractivity contribution in [3.05, 3.63) is 30.3 Å². The Balaban J connectivity index is 2.16. The highest BCUT2D eigenvalue weighted by Gasteiger charge is 2.56. The van der Waals surface area contributed by atoms with E-state index in [2.05, 4.69) is 41.5 Å². The first-order valence-electron chi connectivity index (χ1n) is 9.17. The Morgan fingerprint density at radius 1 is 0.920 bits per heavy atom. The van der Waals surface area contributed by atoms with Crippen LogP contribution in [0.3, 0.4) is 0 Å².